The van der Waals surface area contributed by atoms with Gasteiger partial charge < -0.3 is 4.90 Å². The number of aryl methyl sites for hydroxylation is 2. The van der Waals surface area contributed by atoms with E-state index in [0.717, 1.165) is 42.4 Å². The van der Waals surface area contributed by atoms with Crippen molar-refractivity contribution in [1.82, 2.24) is 4.98 Å². The molecule has 134 valence electrons. The van der Waals surface area contributed by atoms with Gasteiger partial charge in [0.05, 0.1) is 16.8 Å². The predicted molar refractivity (Wildman–Crippen MR) is 98.0 cm³/mol. The average Bonchev–Trinajstić information content (AvgIpc) is 3.06. The molecule has 1 aliphatic rings. The van der Waals surface area contributed by atoms with Crippen molar-refractivity contribution in [2.24, 2.45) is 0 Å². The lowest BCUT2D eigenvalue weighted by atomic mass is 10.0. The first-order valence-corrected chi connectivity index (χ1v) is 8.76. The van der Waals surface area contributed by atoms with Gasteiger partial charge in [-0.2, -0.15) is 13.2 Å². The van der Waals surface area contributed by atoms with Crippen LogP contribution in [-0.4, -0.2) is 11.5 Å². The van der Waals surface area contributed by atoms with Crippen LogP contribution in [0, 0.1) is 6.92 Å². The van der Waals surface area contributed by atoms with Crippen LogP contribution in [0.25, 0.3) is 10.9 Å². The maximum absolute atomic E-state index is 13.5. The van der Waals surface area contributed by atoms with Crippen LogP contribution in [0.3, 0.4) is 0 Å². The van der Waals surface area contributed by atoms with E-state index in [-0.39, 0.29) is 5.52 Å². The fraction of sp³-hybridized carbons (Fsp3) is 0.286. The molecule has 26 heavy (non-hydrogen) atoms. The van der Waals surface area contributed by atoms with Gasteiger partial charge in [0.2, 0.25) is 0 Å². The molecule has 2 nitrogen and oxygen atoms in total. The quantitative estimate of drug-likeness (QED) is 0.575. The molecule has 3 aromatic rings. The molecule has 0 fully saturated rings. The standard InChI is InChI=1S/C21H19F3N2/c1-3-14-7-9-15(10-8-14)26-12-11-16-13(2)25-19-17(20(16)26)5-4-6-18(19)21(22,23)24/h4-10H,3,11-12H2,1-2H3. The normalized spacial score (nSPS) is 14.1. The molecule has 1 aliphatic heterocycles. The van der Waals surface area contributed by atoms with Gasteiger partial charge in [-0.05, 0) is 49.1 Å². The maximum atomic E-state index is 13.5. The highest BCUT2D eigenvalue weighted by molar-refractivity contribution is 5.99. The van der Waals surface area contributed by atoms with Crippen molar-refractivity contribution in [2.45, 2.75) is 32.9 Å². The van der Waals surface area contributed by atoms with Crippen LogP contribution in [0.5, 0.6) is 0 Å². The molecule has 0 saturated heterocycles. The highest BCUT2D eigenvalue weighted by Crippen LogP contribution is 2.43. The van der Waals surface area contributed by atoms with Crippen LogP contribution in [0.15, 0.2) is 42.5 Å². The molecule has 0 atom stereocenters. The summed E-state index contributed by atoms with van der Waals surface area (Å²) in [5, 5.41) is 0.567. The smallest absolute Gasteiger partial charge is 0.340 e. The van der Waals surface area contributed by atoms with Gasteiger partial charge in [0.25, 0.3) is 0 Å². The molecule has 4 rings (SSSR count). The number of benzene rings is 2. The number of para-hydroxylation sites is 1. The van der Waals surface area contributed by atoms with E-state index in [9.17, 15) is 13.2 Å². The lowest BCUT2D eigenvalue weighted by molar-refractivity contribution is -0.136. The lowest BCUT2D eigenvalue weighted by Crippen LogP contribution is -2.14. The minimum absolute atomic E-state index is 0.0355. The van der Waals surface area contributed by atoms with E-state index in [1.54, 1.807) is 13.0 Å². The first kappa shape index (κ1) is 16.9. The van der Waals surface area contributed by atoms with Gasteiger partial charge in [0.1, 0.15) is 0 Å². The highest BCUT2D eigenvalue weighted by atomic mass is 19.4. The van der Waals surface area contributed by atoms with E-state index >= 15 is 0 Å². The van der Waals surface area contributed by atoms with Crippen LogP contribution >= 0.6 is 0 Å². The molecule has 0 unspecified atom stereocenters. The third kappa shape index (κ3) is 2.62. The molecule has 0 aliphatic carbocycles. The zero-order valence-electron chi connectivity index (χ0n) is 14.7. The van der Waals surface area contributed by atoms with Gasteiger partial charge in [-0.25, -0.2) is 0 Å². The molecule has 0 bridgehead atoms. The summed E-state index contributed by atoms with van der Waals surface area (Å²) in [5.74, 6) is 0. The summed E-state index contributed by atoms with van der Waals surface area (Å²) < 4.78 is 40.4. The summed E-state index contributed by atoms with van der Waals surface area (Å²) in [6.07, 6.45) is -2.67. The monoisotopic (exact) mass is 356 g/mol. The third-order valence-corrected chi connectivity index (χ3v) is 5.11. The number of fused-ring (bicyclic) bond motifs is 3. The number of alkyl halides is 3. The Hall–Kier alpha value is -2.56. The van der Waals surface area contributed by atoms with Gasteiger partial charge in [0.15, 0.2) is 0 Å². The molecular weight excluding hydrogens is 337 g/mol. The molecule has 1 aromatic heterocycles. The zero-order valence-corrected chi connectivity index (χ0v) is 14.7. The Morgan fingerprint density at radius 2 is 1.81 bits per heavy atom. The summed E-state index contributed by atoms with van der Waals surface area (Å²) in [6, 6.07) is 12.6. The predicted octanol–water partition coefficient (Wildman–Crippen LogP) is 5.82. The maximum Gasteiger partial charge on any atom is 0.418 e. The number of nitrogens with zero attached hydrogens (tertiary/aromatic N) is 2. The van der Waals surface area contributed by atoms with Crippen molar-refractivity contribution in [2.75, 3.05) is 11.4 Å². The number of pyridine rings is 1. The highest BCUT2D eigenvalue weighted by Gasteiger charge is 2.35. The molecule has 0 radical (unpaired) electrons. The molecule has 0 saturated carbocycles. The number of aromatic nitrogens is 1. The van der Waals surface area contributed by atoms with Crippen molar-refractivity contribution < 1.29 is 13.2 Å². The molecule has 0 amide bonds. The number of hydrogen-bond acceptors (Lipinski definition) is 2. The first-order chi connectivity index (χ1) is 12.4. The minimum atomic E-state index is -4.42. The zero-order chi connectivity index (χ0) is 18.5. The summed E-state index contributed by atoms with van der Waals surface area (Å²) >= 11 is 0. The fourth-order valence-corrected chi connectivity index (χ4v) is 3.77. The van der Waals surface area contributed by atoms with Crippen LogP contribution in [0.2, 0.25) is 0 Å². The van der Waals surface area contributed by atoms with Gasteiger partial charge in [-0.1, -0.05) is 31.2 Å². The van der Waals surface area contributed by atoms with Gasteiger partial charge >= 0.3 is 6.18 Å². The second-order valence-electron chi connectivity index (χ2n) is 6.65. The van der Waals surface area contributed by atoms with E-state index in [2.05, 4.69) is 28.9 Å². The number of anilines is 2. The van der Waals surface area contributed by atoms with Gasteiger partial charge in [-0.15, -0.1) is 0 Å². The van der Waals surface area contributed by atoms with E-state index in [1.807, 2.05) is 12.1 Å². The Morgan fingerprint density at radius 1 is 1.08 bits per heavy atom. The van der Waals surface area contributed by atoms with Crippen molar-refractivity contribution >= 4 is 22.3 Å². The molecule has 2 aromatic carbocycles. The summed E-state index contributed by atoms with van der Waals surface area (Å²) in [5.41, 5.74) is 4.19. The summed E-state index contributed by atoms with van der Waals surface area (Å²) in [4.78, 5) is 6.44. The minimum Gasteiger partial charge on any atom is -0.340 e. The van der Waals surface area contributed by atoms with Crippen LogP contribution in [0.4, 0.5) is 24.5 Å². The molecule has 5 heteroatoms. The summed E-state index contributed by atoms with van der Waals surface area (Å²) in [6.45, 7) is 4.65. The lowest BCUT2D eigenvalue weighted by Gasteiger charge is -2.22. The molecular formula is C21H19F3N2. The van der Waals surface area contributed by atoms with Gasteiger partial charge in [0, 0.05) is 23.3 Å². The first-order valence-electron chi connectivity index (χ1n) is 8.76. The second kappa shape index (κ2) is 6.01. The molecule has 2 heterocycles. The molecule has 0 spiro atoms. The summed E-state index contributed by atoms with van der Waals surface area (Å²) in [7, 11) is 0. The van der Waals surface area contributed by atoms with Crippen LogP contribution in [-0.2, 0) is 19.0 Å². The largest absolute Gasteiger partial charge is 0.418 e. The van der Waals surface area contributed by atoms with Crippen molar-refractivity contribution in [1.29, 1.82) is 0 Å². The molecule has 0 N–H and O–H groups in total. The van der Waals surface area contributed by atoms with Crippen molar-refractivity contribution in [3.63, 3.8) is 0 Å². The third-order valence-electron chi connectivity index (χ3n) is 5.11. The van der Waals surface area contributed by atoms with Crippen LogP contribution in [0.1, 0.15) is 29.3 Å². The number of halogens is 3. The number of rotatable bonds is 2. The Labute approximate surface area is 150 Å². The Balaban J connectivity index is 1.94. The topological polar surface area (TPSA) is 16.1 Å². The Bertz CT molecular complexity index is 975. The Kier molecular flexibility index (Phi) is 3.90. The van der Waals surface area contributed by atoms with E-state index < -0.39 is 11.7 Å². The van der Waals surface area contributed by atoms with E-state index in [4.69, 9.17) is 0 Å². The average molecular weight is 356 g/mol. The van der Waals surface area contributed by atoms with Crippen molar-refractivity contribution in [3.8, 4) is 0 Å². The fourth-order valence-electron chi connectivity index (χ4n) is 3.77. The number of hydrogen-bond donors (Lipinski definition) is 0. The Morgan fingerprint density at radius 3 is 2.46 bits per heavy atom. The SMILES string of the molecule is CCc1ccc(N2CCc3c(C)nc4c(C(F)(F)F)cccc4c32)cc1. The van der Waals surface area contributed by atoms with Crippen LogP contribution < -0.4 is 4.90 Å². The van der Waals surface area contributed by atoms with E-state index in [1.165, 1.54) is 11.6 Å². The van der Waals surface area contributed by atoms with Gasteiger partial charge in [-0.3, -0.25) is 4.98 Å². The second-order valence-corrected chi connectivity index (χ2v) is 6.65. The van der Waals surface area contributed by atoms with E-state index in [0.29, 0.717) is 11.1 Å². The van der Waals surface area contributed by atoms with Crippen molar-refractivity contribution in [3.05, 3.63) is 64.8 Å².